The van der Waals surface area contributed by atoms with E-state index in [1.165, 1.54) is 6.26 Å². The van der Waals surface area contributed by atoms with Gasteiger partial charge >= 0.3 is 0 Å². The van der Waals surface area contributed by atoms with Crippen molar-refractivity contribution in [2.24, 2.45) is 5.92 Å². The Hall–Kier alpha value is -2.56. The first-order valence-corrected chi connectivity index (χ1v) is 7.94. The van der Waals surface area contributed by atoms with Crippen LogP contribution in [-0.2, 0) is 11.3 Å². The van der Waals surface area contributed by atoms with E-state index in [1.54, 1.807) is 12.1 Å². The van der Waals surface area contributed by atoms with E-state index in [4.69, 9.17) is 4.42 Å². The lowest BCUT2D eigenvalue weighted by Gasteiger charge is -2.11. The molecule has 1 fully saturated rings. The summed E-state index contributed by atoms with van der Waals surface area (Å²) in [6.45, 7) is 0.516. The summed E-state index contributed by atoms with van der Waals surface area (Å²) in [5, 5.41) is 5.74. The van der Waals surface area contributed by atoms with Gasteiger partial charge < -0.3 is 15.1 Å². The number of amides is 2. The van der Waals surface area contributed by atoms with Gasteiger partial charge in [0.2, 0.25) is 5.91 Å². The highest BCUT2D eigenvalue weighted by molar-refractivity contribution is 6.02. The first-order valence-electron chi connectivity index (χ1n) is 7.94. The van der Waals surface area contributed by atoms with Crippen LogP contribution >= 0.6 is 0 Å². The summed E-state index contributed by atoms with van der Waals surface area (Å²) in [5.41, 5.74) is 1.70. The Morgan fingerprint density at radius 2 is 1.83 bits per heavy atom. The van der Waals surface area contributed by atoms with Crippen molar-refractivity contribution in [2.45, 2.75) is 32.2 Å². The van der Waals surface area contributed by atoms with E-state index in [2.05, 4.69) is 10.6 Å². The molecule has 0 bridgehead atoms. The van der Waals surface area contributed by atoms with Gasteiger partial charge in [-0.15, -0.1) is 0 Å². The van der Waals surface area contributed by atoms with Crippen molar-refractivity contribution < 1.29 is 14.0 Å². The first kappa shape index (κ1) is 15.3. The second-order valence-corrected chi connectivity index (χ2v) is 5.83. The molecule has 0 unspecified atom stereocenters. The van der Waals surface area contributed by atoms with E-state index in [-0.39, 0.29) is 23.5 Å². The zero-order valence-corrected chi connectivity index (χ0v) is 12.9. The third kappa shape index (κ3) is 4.00. The fourth-order valence-corrected chi connectivity index (χ4v) is 2.83. The van der Waals surface area contributed by atoms with Crippen molar-refractivity contribution in [1.82, 2.24) is 5.32 Å². The van der Waals surface area contributed by atoms with Crippen LogP contribution in [0.15, 0.2) is 47.1 Å². The molecule has 1 aliphatic carbocycles. The summed E-state index contributed by atoms with van der Waals surface area (Å²) in [7, 11) is 0. The van der Waals surface area contributed by atoms with Gasteiger partial charge in [-0.3, -0.25) is 9.59 Å². The Morgan fingerprint density at radius 3 is 2.48 bits per heavy atom. The lowest BCUT2D eigenvalue weighted by molar-refractivity contribution is -0.124. The molecule has 3 rings (SSSR count). The molecule has 5 nitrogen and oxygen atoms in total. The molecule has 1 aromatic carbocycles. The predicted octanol–water partition coefficient (Wildman–Crippen LogP) is 3.34. The normalized spacial score (nSPS) is 14.6. The van der Waals surface area contributed by atoms with Gasteiger partial charge in [-0.05, 0) is 42.7 Å². The minimum Gasteiger partial charge on any atom is -0.459 e. The highest BCUT2D eigenvalue weighted by atomic mass is 16.3. The van der Waals surface area contributed by atoms with Gasteiger partial charge in [0, 0.05) is 18.2 Å². The predicted molar refractivity (Wildman–Crippen MR) is 86.9 cm³/mol. The molecule has 2 N–H and O–H groups in total. The largest absolute Gasteiger partial charge is 0.459 e. The van der Waals surface area contributed by atoms with Crippen LogP contribution in [0.4, 0.5) is 5.69 Å². The van der Waals surface area contributed by atoms with Gasteiger partial charge in [-0.1, -0.05) is 25.0 Å². The van der Waals surface area contributed by atoms with Gasteiger partial charge in [-0.25, -0.2) is 0 Å². The maximum absolute atomic E-state index is 12.0. The molecule has 1 aromatic heterocycles. The van der Waals surface area contributed by atoms with Gasteiger partial charge in [-0.2, -0.15) is 0 Å². The fraction of sp³-hybridized carbons (Fsp3) is 0.333. The van der Waals surface area contributed by atoms with Crippen molar-refractivity contribution in [3.05, 3.63) is 54.0 Å². The van der Waals surface area contributed by atoms with E-state index in [0.717, 1.165) is 31.2 Å². The topological polar surface area (TPSA) is 71.3 Å². The summed E-state index contributed by atoms with van der Waals surface area (Å²) in [6, 6.07) is 10.7. The molecular formula is C18H20N2O3. The summed E-state index contributed by atoms with van der Waals surface area (Å²) >= 11 is 0. The fourth-order valence-electron chi connectivity index (χ4n) is 2.83. The minimum atomic E-state index is -0.280. The molecule has 1 saturated carbocycles. The van der Waals surface area contributed by atoms with E-state index in [1.807, 2.05) is 24.3 Å². The number of anilines is 1. The molecule has 0 aliphatic heterocycles. The Kier molecular flexibility index (Phi) is 4.76. The van der Waals surface area contributed by atoms with Crippen molar-refractivity contribution in [3.63, 3.8) is 0 Å². The zero-order chi connectivity index (χ0) is 16.1. The number of nitrogens with one attached hydrogen (secondary N) is 2. The Balaban J connectivity index is 1.50. The highest BCUT2D eigenvalue weighted by Crippen LogP contribution is 2.24. The second-order valence-electron chi connectivity index (χ2n) is 5.83. The summed E-state index contributed by atoms with van der Waals surface area (Å²) in [5.74, 6) is 0.328. The molecule has 0 atom stereocenters. The Labute approximate surface area is 135 Å². The average molecular weight is 312 g/mol. The molecule has 0 spiro atoms. The van der Waals surface area contributed by atoms with Crippen LogP contribution in [-0.4, -0.2) is 11.8 Å². The monoisotopic (exact) mass is 312 g/mol. The van der Waals surface area contributed by atoms with Crippen LogP contribution in [0.5, 0.6) is 0 Å². The van der Waals surface area contributed by atoms with E-state index in [9.17, 15) is 9.59 Å². The minimum absolute atomic E-state index is 0.151. The van der Waals surface area contributed by atoms with E-state index >= 15 is 0 Å². The van der Waals surface area contributed by atoms with Crippen LogP contribution in [0.2, 0.25) is 0 Å². The third-order valence-corrected chi connectivity index (χ3v) is 4.15. The summed E-state index contributed by atoms with van der Waals surface area (Å²) < 4.78 is 5.05. The maximum Gasteiger partial charge on any atom is 0.291 e. The van der Waals surface area contributed by atoms with Crippen LogP contribution in [0, 0.1) is 5.92 Å². The second kappa shape index (κ2) is 7.13. The number of rotatable bonds is 5. The summed E-state index contributed by atoms with van der Waals surface area (Å²) in [4.78, 5) is 23.8. The van der Waals surface area contributed by atoms with Crippen molar-refractivity contribution in [1.29, 1.82) is 0 Å². The van der Waals surface area contributed by atoms with E-state index < -0.39 is 0 Å². The van der Waals surface area contributed by atoms with Crippen LogP contribution in [0.1, 0.15) is 41.8 Å². The molecule has 1 aliphatic rings. The number of hydrogen-bond donors (Lipinski definition) is 2. The molecule has 23 heavy (non-hydrogen) atoms. The number of benzene rings is 1. The summed E-state index contributed by atoms with van der Waals surface area (Å²) in [6.07, 6.45) is 5.78. The molecule has 0 radical (unpaired) electrons. The van der Waals surface area contributed by atoms with E-state index in [0.29, 0.717) is 12.2 Å². The molecule has 120 valence electrons. The van der Waals surface area contributed by atoms with Crippen molar-refractivity contribution in [2.75, 3.05) is 5.32 Å². The molecule has 2 amide bonds. The van der Waals surface area contributed by atoms with Gasteiger partial charge in [0.25, 0.3) is 5.91 Å². The third-order valence-electron chi connectivity index (χ3n) is 4.15. The first-order chi connectivity index (χ1) is 11.2. The quantitative estimate of drug-likeness (QED) is 0.889. The van der Waals surface area contributed by atoms with Crippen LogP contribution in [0.3, 0.4) is 0 Å². The highest BCUT2D eigenvalue weighted by Gasteiger charge is 2.22. The lowest BCUT2D eigenvalue weighted by Crippen LogP contribution is -2.28. The Morgan fingerprint density at radius 1 is 1.09 bits per heavy atom. The molecule has 1 heterocycles. The molecule has 0 saturated heterocycles. The number of carbonyl (C=O) groups is 2. The van der Waals surface area contributed by atoms with Crippen LogP contribution < -0.4 is 10.6 Å². The number of furan rings is 1. The molecule has 5 heteroatoms. The van der Waals surface area contributed by atoms with Crippen molar-refractivity contribution >= 4 is 17.5 Å². The lowest BCUT2D eigenvalue weighted by atomic mass is 10.1. The Bertz CT molecular complexity index is 656. The smallest absolute Gasteiger partial charge is 0.291 e. The zero-order valence-electron chi connectivity index (χ0n) is 12.9. The van der Waals surface area contributed by atoms with Gasteiger partial charge in [0.1, 0.15) is 0 Å². The van der Waals surface area contributed by atoms with Crippen LogP contribution in [0.25, 0.3) is 0 Å². The average Bonchev–Trinajstić information content (AvgIpc) is 3.27. The molecule has 2 aromatic rings. The van der Waals surface area contributed by atoms with Gasteiger partial charge in [0.15, 0.2) is 5.76 Å². The van der Waals surface area contributed by atoms with Crippen molar-refractivity contribution in [3.8, 4) is 0 Å². The van der Waals surface area contributed by atoms with Gasteiger partial charge in [0.05, 0.1) is 6.26 Å². The number of hydrogen-bond acceptors (Lipinski definition) is 3. The standard InChI is InChI=1S/C18H20N2O3/c21-17(14-4-1-2-5-14)19-12-13-7-9-15(10-8-13)20-18(22)16-6-3-11-23-16/h3,6-11,14H,1-2,4-5,12H2,(H,19,21)(H,20,22). The maximum atomic E-state index is 12.0. The molecular weight excluding hydrogens is 292 g/mol. The number of carbonyl (C=O) groups excluding carboxylic acids is 2. The SMILES string of the molecule is O=C(Nc1ccc(CNC(=O)C2CCCC2)cc1)c1ccco1.